The van der Waals surface area contributed by atoms with E-state index in [4.69, 9.17) is 20.7 Å². The molecule has 0 aliphatic carbocycles. The number of nitrogens with one attached hydrogen (secondary N) is 1. The highest BCUT2D eigenvalue weighted by Crippen LogP contribution is 2.38. The van der Waals surface area contributed by atoms with Gasteiger partial charge in [0.1, 0.15) is 34.4 Å². The first kappa shape index (κ1) is 25.7. The van der Waals surface area contributed by atoms with Crippen molar-refractivity contribution in [1.29, 1.82) is 5.26 Å². The van der Waals surface area contributed by atoms with Crippen molar-refractivity contribution >= 4 is 29.0 Å². The van der Waals surface area contributed by atoms with Crippen LogP contribution in [0.1, 0.15) is 53.8 Å². The molecular weight excluding hydrogens is 496 g/mol. The molecule has 2 amide bonds. The number of likely N-dealkylation sites (tertiary alicyclic amines) is 1. The van der Waals surface area contributed by atoms with Crippen LogP contribution in [0.4, 0.5) is 11.6 Å². The quantitative estimate of drug-likeness (QED) is 0.388. The lowest BCUT2D eigenvalue weighted by Gasteiger charge is -2.32. The lowest BCUT2D eigenvalue weighted by atomic mass is 9.97. The van der Waals surface area contributed by atoms with Crippen LogP contribution in [0.5, 0.6) is 5.75 Å². The largest absolute Gasteiger partial charge is 0.496 e. The second-order valence-corrected chi connectivity index (χ2v) is 9.29. The third kappa shape index (κ3) is 4.96. The molecule has 1 fully saturated rings. The maximum atomic E-state index is 12.9. The molecule has 198 valence electrons. The SMILES string of the molecule is CCC(=O)N1CCCC(c2nc(-c3ccc(C(=O)Nc4cc(C#N)ccn4)cc3OC)c3c(N)nccn23)C1. The zero-order valence-electron chi connectivity index (χ0n) is 21.7. The van der Waals surface area contributed by atoms with Gasteiger partial charge in [-0.2, -0.15) is 5.26 Å². The molecule has 4 heterocycles. The van der Waals surface area contributed by atoms with Crippen molar-refractivity contribution < 1.29 is 14.3 Å². The monoisotopic (exact) mass is 524 g/mol. The van der Waals surface area contributed by atoms with E-state index < -0.39 is 5.91 Å². The number of benzene rings is 1. The Hall–Kier alpha value is -4.98. The van der Waals surface area contributed by atoms with Gasteiger partial charge in [0.25, 0.3) is 5.91 Å². The van der Waals surface area contributed by atoms with Crippen LogP contribution < -0.4 is 15.8 Å². The summed E-state index contributed by atoms with van der Waals surface area (Å²) in [5.74, 6) is 1.58. The zero-order valence-corrected chi connectivity index (χ0v) is 21.7. The summed E-state index contributed by atoms with van der Waals surface area (Å²) < 4.78 is 7.62. The number of carbonyl (C=O) groups excluding carboxylic acids is 2. The number of amides is 2. The molecule has 0 saturated carbocycles. The smallest absolute Gasteiger partial charge is 0.256 e. The summed E-state index contributed by atoms with van der Waals surface area (Å²) in [5, 5.41) is 11.8. The third-order valence-electron chi connectivity index (χ3n) is 6.90. The summed E-state index contributed by atoms with van der Waals surface area (Å²) in [6.07, 6.45) is 7.17. The van der Waals surface area contributed by atoms with E-state index in [1.807, 2.05) is 28.5 Å². The fraction of sp³-hybridized carbons (Fsp3) is 0.286. The first-order valence-corrected chi connectivity index (χ1v) is 12.7. The highest BCUT2D eigenvalue weighted by Gasteiger charge is 2.29. The summed E-state index contributed by atoms with van der Waals surface area (Å²) in [6, 6.07) is 10.1. The number of rotatable bonds is 6. The van der Waals surface area contributed by atoms with E-state index >= 15 is 0 Å². The molecule has 11 heteroatoms. The van der Waals surface area contributed by atoms with Crippen molar-refractivity contribution in [3.63, 3.8) is 0 Å². The number of hydrogen-bond acceptors (Lipinski definition) is 8. The number of nitrogen functional groups attached to an aromatic ring is 1. The number of carbonyl (C=O) groups is 2. The molecule has 1 saturated heterocycles. The number of hydrogen-bond donors (Lipinski definition) is 2. The zero-order chi connectivity index (χ0) is 27.5. The van der Waals surface area contributed by atoms with Crippen LogP contribution in [0, 0.1) is 11.3 Å². The van der Waals surface area contributed by atoms with Gasteiger partial charge in [0.05, 0.1) is 18.7 Å². The fourth-order valence-corrected chi connectivity index (χ4v) is 4.99. The van der Waals surface area contributed by atoms with Gasteiger partial charge in [-0.15, -0.1) is 0 Å². The summed E-state index contributed by atoms with van der Waals surface area (Å²) in [6.45, 7) is 3.21. The molecule has 3 aromatic heterocycles. The number of nitriles is 1. The van der Waals surface area contributed by atoms with Gasteiger partial charge in [-0.1, -0.05) is 6.92 Å². The molecule has 4 aromatic rings. The number of aromatic nitrogens is 4. The van der Waals surface area contributed by atoms with E-state index in [0.717, 1.165) is 25.2 Å². The molecule has 5 rings (SSSR count). The van der Waals surface area contributed by atoms with Crippen molar-refractivity contribution in [2.75, 3.05) is 31.2 Å². The van der Waals surface area contributed by atoms with Crippen LogP contribution in [-0.4, -0.2) is 56.3 Å². The third-order valence-corrected chi connectivity index (χ3v) is 6.90. The van der Waals surface area contributed by atoms with Gasteiger partial charge in [-0.3, -0.25) is 14.0 Å². The van der Waals surface area contributed by atoms with E-state index in [-0.39, 0.29) is 17.6 Å². The number of nitrogens with two attached hydrogens (primary N) is 1. The first-order valence-electron chi connectivity index (χ1n) is 12.7. The molecule has 0 spiro atoms. The van der Waals surface area contributed by atoms with E-state index in [1.54, 1.807) is 30.5 Å². The van der Waals surface area contributed by atoms with Crippen LogP contribution in [0.3, 0.4) is 0 Å². The standard InChI is InChI=1S/C28H28N8O3/c1-3-23(37)35-11-4-5-19(16-35)27-34-24(25-26(30)32-10-12-36(25)27)20-7-6-18(14-21(20)39-2)28(38)33-22-13-17(15-29)8-9-31-22/h6-10,12-14,19H,3-5,11,16H2,1-2H3,(H2,30,32)(H,31,33,38). The Kier molecular flexibility index (Phi) is 7.10. The van der Waals surface area contributed by atoms with Crippen molar-refractivity contribution in [1.82, 2.24) is 24.3 Å². The second-order valence-electron chi connectivity index (χ2n) is 9.29. The van der Waals surface area contributed by atoms with Gasteiger partial charge in [-0.25, -0.2) is 15.0 Å². The number of nitrogens with zero attached hydrogens (tertiary/aromatic N) is 6. The van der Waals surface area contributed by atoms with Crippen LogP contribution in [0.2, 0.25) is 0 Å². The Morgan fingerprint density at radius 3 is 2.85 bits per heavy atom. The molecule has 11 nitrogen and oxygen atoms in total. The number of ether oxygens (including phenoxy) is 1. The average molecular weight is 525 g/mol. The van der Waals surface area contributed by atoms with Gasteiger partial charge in [0.2, 0.25) is 5.91 Å². The van der Waals surface area contributed by atoms with E-state index in [1.165, 1.54) is 19.4 Å². The normalized spacial score (nSPS) is 15.1. The molecule has 0 bridgehead atoms. The molecular formula is C28H28N8O3. The first-order chi connectivity index (χ1) is 18.9. The minimum absolute atomic E-state index is 0.0324. The van der Waals surface area contributed by atoms with E-state index in [0.29, 0.717) is 52.4 Å². The predicted molar refractivity (Wildman–Crippen MR) is 145 cm³/mol. The second kappa shape index (κ2) is 10.8. The summed E-state index contributed by atoms with van der Waals surface area (Å²) in [5.41, 5.74) is 8.95. The molecule has 1 unspecified atom stereocenters. The fourth-order valence-electron chi connectivity index (χ4n) is 4.99. The average Bonchev–Trinajstić information content (AvgIpc) is 3.37. The molecule has 1 aromatic carbocycles. The van der Waals surface area contributed by atoms with E-state index in [2.05, 4.69) is 15.3 Å². The van der Waals surface area contributed by atoms with Gasteiger partial charge >= 0.3 is 0 Å². The number of pyridine rings is 1. The number of anilines is 2. The van der Waals surface area contributed by atoms with Gasteiger partial charge in [0, 0.05) is 55.1 Å². The predicted octanol–water partition coefficient (Wildman–Crippen LogP) is 3.62. The number of fused-ring (bicyclic) bond motifs is 1. The van der Waals surface area contributed by atoms with Crippen LogP contribution in [0.15, 0.2) is 48.9 Å². The van der Waals surface area contributed by atoms with Gasteiger partial charge in [0.15, 0.2) is 0 Å². The molecule has 3 N–H and O–H groups in total. The Balaban J connectivity index is 1.52. The van der Waals surface area contributed by atoms with Crippen molar-refractivity contribution in [2.45, 2.75) is 32.1 Å². The molecule has 0 radical (unpaired) electrons. The highest BCUT2D eigenvalue weighted by atomic mass is 16.5. The van der Waals surface area contributed by atoms with Crippen LogP contribution in [-0.2, 0) is 4.79 Å². The topological polar surface area (TPSA) is 152 Å². The lowest BCUT2D eigenvalue weighted by Crippen LogP contribution is -2.39. The van der Waals surface area contributed by atoms with Crippen LogP contribution in [0.25, 0.3) is 16.8 Å². The van der Waals surface area contributed by atoms with Crippen molar-refractivity contribution in [3.05, 3.63) is 65.9 Å². The molecule has 39 heavy (non-hydrogen) atoms. The molecule has 1 aliphatic rings. The lowest BCUT2D eigenvalue weighted by molar-refractivity contribution is -0.132. The van der Waals surface area contributed by atoms with Gasteiger partial charge < -0.3 is 20.7 Å². The Morgan fingerprint density at radius 1 is 1.23 bits per heavy atom. The number of methoxy groups -OCH3 is 1. The molecule has 1 aliphatic heterocycles. The molecule has 1 atom stereocenters. The van der Waals surface area contributed by atoms with Crippen LogP contribution >= 0.6 is 0 Å². The number of imidazole rings is 1. The maximum absolute atomic E-state index is 12.9. The number of piperidine rings is 1. The Bertz CT molecular complexity index is 1610. The summed E-state index contributed by atoms with van der Waals surface area (Å²) in [7, 11) is 1.52. The van der Waals surface area contributed by atoms with Crippen molar-refractivity contribution in [3.8, 4) is 23.1 Å². The minimum Gasteiger partial charge on any atom is -0.496 e. The van der Waals surface area contributed by atoms with E-state index in [9.17, 15) is 9.59 Å². The Morgan fingerprint density at radius 2 is 2.08 bits per heavy atom. The summed E-state index contributed by atoms with van der Waals surface area (Å²) >= 11 is 0. The maximum Gasteiger partial charge on any atom is 0.256 e. The van der Waals surface area contributed by atoms with Gasteiger partial charge in [-0.05, 0) is 43.2 Å². The minimum atomic E-state index is -0.401. The summed E-state index contributed by atoms with van der Waals surface area (Å²) in [4.78, 5) is 40.7. The highest BCUT2D eigenvalue weighted by molar-refractivity contribution is 6.04. The Labute approximate surface area is 225 Å². The van der Waals surface area contributed by atoms with Crippen molar-refractivity contribution in [2.24, 2.45) is 0 Å².